The van der Waals surface area contributed by atoms with E-state index in [1.165, 1.54) is 9.75 Å². The minimum Gasteiger partial charge on any atom is -0.492 e. The molecule has 2 rings (SSSR count). The monoisotopic (exact) mass is 325 g/mol. The normalized spacial score (nSPS) is 10.6. The van der Waals surface area contributed by atoms with Gasteiger partial charge >= 0.3 is 0 Å². The molecule has 0 saturated carbocycles. The summed E-state index contributed by atoms with van der Waals surface area (Å²) < 4.78 is 6.68. The number of aryl methyl sites for hydroxylation is 1. The first kappa shape index (κ1) is 13.6. The summed E-state index contributed by atoms with van der Waals surface area (Å²) in [6.45, 7) is 4.58. The maximum Gasteiger partial charge on any atom is 0.120 e. The SMILES string of the molecule is Cc1ccc(CNCCOc2cccc(Br)c2)s1. The Labute approximate surface area is 120 Å². The first-order valence-electron chi connectivity index (χ1n) is 5.88. The van der Waals surface area contributed by atoms with Crippen molar-refractivity contribution in [2.45, 2.75) is 13.5 Å². The maximum absolute atomic E-state index is 5.64. The van der Waals surface area contributed by atoms with Crippen molar-refractivity contribution in [2.75, 3.05) is 13.2 Å². The number of benzene rings is 1. The highest BCUT2D eigenvalue weighted by molar-refractivity contribution is 9.10. The van der Waals surface area contributed by atoms with Crippen molar-refractivity contribution in [3.63, 3.8) is 0 Å². The van der Waals surface area contributed by atoms with Crippen molar-refractivity contribution in [3.05, 3.63) is 50.6 Å². The van der Waals surface area contributed by atoms with E-state index >= 15 is 0 Å². The topological polar surface area (TPSA) is 21.3 Å². The minimum atomic E-state index is 0.681. The molecule has 0 spiro atoms. The summed E-state index contributed by atoms with van der Waals surface area (Å²) in [5, 5.41) is 3.37. The van der Waals surface area contributed by atoms with Gasteiger partial charge in [-0.2, -0.15) is 0 Å². The average Bonchev–Trinajstić information content (AvgIpc) is 2.75. The number of halogens is 1. The molecule has 0 saturated heterocycles. The molecule has 96 valence electrons. The number of hydrogen-bond donors (Lipinski definition) is 1. The minimum absolute atomic E-state index is 0.681. The molecule has 2 nitrogen and oxygen atoms in total. The van der Waals surface area contributed by atoms with Crippen molar-refractivity contribution in [1.29, 1.82) is 0 Å². The van der Waals surface area contributed by atoms with E-state index in [2.05, 4.69) is 40.3 Å². The van der Waals surface area contributed by atoms with Crippen molar-refractivity contribution >= 4 is 27.3 Å². The summed E-state index contributed by atoms with van der Waals surface area (Å²) in [6, 6.07) is 12.2. The Morgan fingerprint density at radius 2 is 2.17 bits per heavy atom. The van der Waals surface area contributed by atoms with E-state index in [0.717, 1.165) is 23.3 Å². The Bertz CT molecular complexity index is 498. The van der Waals surface area contributed by atoms with Gasteiger partial charge < -0.3 is 10.1 Å². The molecule has 0 aliphatic carbocycles. The highest BCUT2D eigenvalue weighted by atomic mass is 79.9. The van der Waals surface area contributed by atoms with Gasteiger partial charge in [-0.25, -0.2) is 0 Å². The van der Waals surface area contributed by atoms with Crippen LogP contribution in [-0.2, 0) is 6.54 Å². The highest BCUT2D eigenvalue weighted by Gasteiger charge is 1.97. The summed E-state index contributed by atoms with van der Waals surface area (Å²) in [5.41, 5.74) is 0. The van der Waals surface area contributed by atoms with Gasteiger partial charge in [0.05, 0.1) is 0 Å². The zero-order chi connectivity index (χ0) is 12.8. The largest absolute Gasteiger partial charge is 0.492 e. The predicted octanol–water partition coefficient (Wildman–Crippen LogP) is 3.99. The molecule has 2 aromatic rings. The molecule has 1 heterocycles. The number of thiophene rings is 1. The van der Waals surface area contributed by atoms with Gasteiger partial charge in [0.25, 0.3) is 0 Å². The van der Waals surface area contributed by atoms with Crippen LogP contribution in [0, 0.1) is 6.92 Å². The van der Waals surface area contributed by atoms with Crippen molar-refractivity contribution in [2.24, 2.45) is 0 Å². The van der Waals surface area contributed by atoms with Crippen LogP contribution < -0.4 is 10.1 Å². The van der Waals surface area contributed by atoms with E-state index in [0.29, 0.717) is 6.61 Å². The molecule has 18 heavy (non-hydrogen) atoms. The van der Waals surface area contributed by atoms with Gasteiger partial charge in [-0.15, -0.1) is 11.3 Å². The second kappa shape index (κ2) is 6.92. The van der Waals surface area contributed by atoms with E-state index in [-0.39, 0.29) is 0 Å². The lowest BCUT2D eigenvalue weighted by Crippen LogP contribution is -2.20. The van der Waals surface area contributed by atoms with Crippen LogP contribution in [0.15, 0.2) is 40.9 Å². The lowest BCUT2D eigenvalue weighted by atomic mass is 10.3. The third-order valence-corrected chi connectivity index (χ3v) is 3.93. The smallest absolute Gasteiger partial charge is 0.120 e. The number of ether oxygens (including phenoxy) is 1. The fourth-order valence-electron chi connectivity index (χ4n) is 1.59. The number of hydrogen-bond acceptors (Lipinski definition) is 3. The molecule has 0 fully saturated rings. The molecule has 0 unspecified atom stereocenters. The van der Waals surface area contributed by atoms with Gasteiger partial charge in [-0.05, 0) is 37.3 Å². The Morgan fingerprint density at radius 3 is 2.89 bits per heavy atom. The second-order valence-electron chi connectivity index (χ2n) is 3.99. The van der Waals surface area contributed by atoms with Crippen molar-refractivity contribution in [3.8, 4) is 5.75 Å². The standard InChI is InChI=1S/C14H16BrNOS/c1-11-5-6-14(18-11)10-16-7-8-17-13-4-2-3-12(15)9-13/h2-6,9,16H,7-8,10H2,1H3. The zero-order valence-electron chi connectivity index (χ0n) is 10.3. The summed E-state index contributed by atoms with van der Waals surface area (Å²) in [6.07, 6.45) is 0. The van der Waals surface area contributed by atoms with Crippen LogP contribution in [0.1, 0.15) is 9.75 Å². The first-order chi connectivity index (χ1) is 8.74. The summed E-state index contributed by atoms with van der Waals surface area (Å²) in [5.74, 6) is 0.901. The van der Waals surface area contributed by atoms with Gasteiger partial charge in [0.1, 0.15) is 12.4 Å². The van der Waals surface area contributed by atoms with Crippen LogP contribution in [0.5, 0.6) is 5.75 Å². The molecule has 0 aliphatic heterocycles. The van der Waals surface area contributed by atoms with Crippen LogP contribution in [0.3, 0.4) is 0 Å². The predicted molar refractivity (Wildman–Crippen MR) is 80.4 cm³/mol. The molecular weight excluding hydrogens is 310 g/mol. The van der Waals surface area contributed by atoms with E-state index in [9.17, 15) is 0 Å². The molecule has 4 heteroatoms. The van der Waals surface area contributed by atoms with Crippen LogP contribution in [-0.4, -0.2) is 13.2 Å². The Morgan fingerprint density at radius 1 is 1.28 bits per heavy atom. The van der Waals surface area contributed by atoms with Gasteiger partial charge in [0.15, 0.2) is 0 Å². The lowest BCUT2D eigenvalue weighted by molar-refractivity contribution is 0.313. The Hall–Kier alpha value is -0.840. The molecule has 1 aromatic heterocycles. The summed E-state index contributed by atoms with van der Waals surface area (Å²) in [7, 11) is 0. The molecule has 1 aromatic carbocycles. The Balaban J connectivity index is 1.64. The first-order valence-corrected chi connectivity index (χ1v) is 7.49. The van der Waals surface area contributed by atoms with E-state index in [1.807, 2.05) is 35.6 Å². The molecule has 1 N–H and O–H groups in total. The van der Waals surface area contributed by atoms with Gasteiger partial charge in [-0.3, -0.25) is 0 Å². The average molecular weight is 326 g/mol. The zero-order valence-corrected chi connectivity index (χ0v) is 12.7. The van der Waals surface area contributed by atoms with Crippen molar-refractivity contribution < 1.29 is 4.74 Å². The quantitative estimate of drug-likeness (QED) is 0.811. The maximum atomic E-state index is 5.64. The molecular formula is C14H16BrNOS. The molecule has 0 aliphatic rings. The van der Waals surface area contributed by atoms with Crippen LogP contribution in [0.25, 0.3) is 0 Å². The van der Waals surface area contributed by atoms with Gasteiger partial charge in [-0.1, -0.05) is 22.0 Å². The highest BCUT2D eigenvalue weighted by Crippen LogP contribution is 2.17. The Kier molecular flexibility index (Phi) is 5.23. The molecule has 0 atom stereocenters. The van der Waals surface area contributed by atoms with Crippen LogP contribution >= 0.6 is 27.3 Å². The number of rotatable bonds is 6. The molecule has 0 amide bonds. The second-order valence-corrected chi connectivity index (χ2v) is 6.28. The number of nitrogens with one attached hydrogen (secondary N) is 1. The van der Waals surface area contributed by atoms with E-state index in [4.69, 9.17) is 4.74 Å². The van der Waals surface area contributed by atoms with Crippen molar-refractivity contribution in [1.82, 2.24) is 5.32 Å². The third kappa shape index (κ3) is 4.44. The summed E-state index contributed by atoms with van der Waals surface area (Å²) in [4.78, 5) is 2.73. The van der Waals surface area contributed by atoms with Gasteiger partial charge in [0.2, 0.25) is 0 Å². The summed E-state index contributed by atoms with van der Waals surface area (Å²) >= 11 is 5.26. The molecule has 0 bridgehead atoms. The third-order valence-electron chi connectivity index (χ3n) is 2.44. The van der Waals surface area contributed by atoms with Crippen LogP contribution in [0.2, 0.25) is 0 Å². The fraction of sp³-hybridized carbons (Fsp3) is 0.286. The van der Waals surface area contributed by atoms with Gasteiger partial charge in [0, 0.05) is 27.3 Å². The van der Waals surface area contributed by atoms with E-state index in [1.54, 1.807) is 0 Å². The molecule has 0 radical (unpaired) electrons. The fourth-order valence-corrected chi connectivity index (χ4v) is 2.83. The van der Waals surface area contributed by atoms with E-state index < -0.39 is 0 Å². The lowest BCUT2D eigenvalue weighted by Gasteiger charge is -2.07. The van der Waals surface area contributed by atoms with Crippen LogP contribution in [0.4, 0.5) is 0 Å².